The lowest BCUT2D eigenvalue weighted by molar-refractivity contribution is -0.105. The van der Waals surface area contributed by atoms with E-state index < -0.39 is 0 Å². The Hall–Kier alpha value is -3.16. The Balaban J connectivity index is 2.40. The lowest BCUT2D eigenvalue weighted by Crippen LogP contribution is -2.05. The topological polar surface area (TPSA) is 65.8 Å². The number of pyridine rings is 1. The maximum absolute atomic E-state index is 10.9. The summed E-state index contributed by atoms with van der Waals surface area (Å²) in [5, 5.41) is 12.9. The van der Waals surface area contributed by atoms with Gasteiger partial charge in [-0.05, 0) is 30.2 Å². The number of halogens is 1. The van der Waals surface area contributed by atoms with Gasteiger partial charge in [0.2, 0.25) is 6.41 Å². The lowest BCUT2D eigenvalue weighted by Gasteiger charge is -2.17. The van der Waals surface area contributed by atoms with Gasteiger partial charge in [-0.3, -0.25) is 4.79 Å². The van der Waals surface area contributed by atoms with E-state index in [9.17, 15) is 10.1 Å². The number of carbonyl (C=O) groups excluding carboxylic acids is 1. The number of nitrogens with one attached hydrogen (secondary N) is 1. The molecule has 0 fully saturated rings. The molecule has 0 saturated heterocycles. The summed E-state index contributed by atoms with van der Waals surface area (Å²) >= 11 is 6.01. The number of carbonyl (C=O) groups is 1. The Morgan fingerprint density at radius 3 is 2.28 bits per heavy atom. The Morgan fingerprint density at radius 1 is 1.04 bits per heavy atom. The van der Waals surface area contributed by atoms with Gasteiger partial charge in [0.1, 0.15) is 11.6 Å². The van der Waals surface area contributed by atoms with Gasteiger partial charge in [-0.1, -0.05) is 54.1 Å². The zero-order valence-electron chi connectivity index (χ0n) is 13.5. The molecule has 1 N–H and O–H groups in total. The van der Waals surface area contributed by atoms with Crippen molar-refractivity contribution in [1.29, 1.82) is 5.26 Å². The van der Waals surface area contributed by atoms with Crippen LogP contribution in [0.2, 0.25) is 5.02 Å². The number of nitriles is 1. The van der Waals surface area contributed by atoms with Crippen molar-refractivity contribution in [3.8, 4) is 28.3 Å². The number of amides is 1. The van der Waals surface area contributed by atoms with Gasteiger partial charge in [0, 0.05) is 21.8 Å². The van der Waals surface area contributed by atoms with Crippen LogP contribution < -0.4 is 5.32 Å². The standard InChI is InChI=1S/C20H14ClN3O/c1-13-18(14-5-3-2-4-6-14)19(15-7-9-16(21)10-8-15)17(11-22)20(24-13)23-12-25/h2-10,12H,1H3,(H,23,24,25). The molecule has 4 nitrogen and oxygen atoms in total. The molecule has 0 bridgehead atoms. The molecule has 1 amide bonds. The van der Waals surface area contributed by atoms with Crippen LogP contribution in [-0.4, -0.2) is 11.4 Å². The van der Waals surface area contributed by atoms with E-state index in [1.54, 1.807) is 12.1 Å². The first-order valence-corrected chi connectivity index (χ1v) is 7.99. The van der Waals surface area contributed by atoms with Crippen molar-refractivity contribution in [3.63, 3.8) is 0 Å². The summed E-state index contributed by atoms with van der Waals surface area (Å²) in [5.41, 5.74) is 4.40. The van der Waals surface area contributed by atoms with Crippen LogP contribution in [0.15, 0.2) is 54.6 Å². The highest BCUT2D eigenvalue weighted by atomic mass is 35.5. The molecule has 5 heteroatoms. The number of benzene rings is 2. The van der Waals surface area contributed by atoms with Crippen LogP contribution in [0.5, 0.6) is 0 Å². The lowest BCUT2D eigenvalue weighted by atomic mass is 9.90. The minimum absolute atomic E-state index is 0.250. The fraction of sp³-hybridized carbons (Fsp3) is 0.0500. The largest absolute Gasteiger partial charge is 0.312 e. The first-order valence-electron chi connectivity index (χ1n) is 7.62. The second kappa shape index (κ2) is 7.16. The predicted molar refractivity (Wildman–Crippen MR) is 99.3 cm³/mol. The number of hydrogen-bond donors (Lipinski definition) is 1. The fourth-order valence-corrected chi connectivity index (χ4v) is 2.96. The second-order valence-corrected chi connectivity index (χ2v) is 5.85. The molecule has 3 rings (SSSR count). The molecule has 0 unspecified atom stereocenters. The van der Waals surface area contributed by atoms with Gasteiger partial charge in [-0.25, -0.2) is 4.98 Å². The van der Waals surface area contributed by atoms with E-state index in [1.165, 1.54) is 0 Å². The van der Waals surface area contributed by atoms with Crippen LogP contribution in [0, 0.1) is 18.3 Å². The summed E-state index contributed by atoms with van der Waals surface area (Å²) in [6.07, 6.45) is 0.524. The third kappa shape index (κ3) is 3.23. The van der Waals surface area contributed by atoms with Gasteiger partial charge in [-0.15, -0.1) is 0 Å². The van der Waals surface area contributed by atoms with Crippen LogP contribution in [-0.2, 0) is 4.79 Å². The van der Waals surface area contributed by atoms with Crippen molar-refractivity contribution in [2.45, 2.75) is 6.92 Å². The van der Waals surface area contributed by atoms with E-state index in [1.807, 2.05) is 49.4 Å². The molecular formula is C20H14ClN3O. The smallest absolute Gasteiger partial charge is 0.212 e. The van der Waals surface area contributed by atoms with E-state index in [-0.39, 0.29) is 5.82 Å². The summed E-state index contributed by atoms with van der Waals surface area (Å²) in [7, 11) is 0. The molecule has 0 atom stereocenters. The van der Waals surface area contributed by atoms with Crippen LogP contribution in [0.3, 0.4) is 0 Å². The van der Waals surface area contributed by atoms with Crippen molar-refractivity contribution >= 4 is 23.8 Å². The van der Waals surface area contributed by atoms with Gasteiger partial charge < -0.3 is 5.32 Å². The Bertz CT molecular complexity index is 961. The van der Waals surface area contributed by atoms with Gasteiger partial charge in [0.25, 0.3) is 0 Å². The van der Waals surface area contributed by atoms with Gasteiger partial charge >= 0.3 is 0 Å². The van der Waals surface area contributed by atoms with Crippen LogP contribution in [0.4, 0.5) is 5.82 Å². The van der Waals surface area contributed by atoms with E-state index in [0.717, 1.165) is 27.9 Å². The number of aromatic nitrogens is 1. The maximum Gasteiger partial charge on any atom is 0.212 e. The normalized spacial score (nSPS) is 10.1. The molecule has 122 valence electrons. The quantitative estimate of drug-likeness (QED) is 0.688. The Kier molecular flexibility index (Phi) is 4.78. The summed E-state index contributed by atoms with van der Waals surface area (Å²) in [4.78, 5) is 15.3. The number of rotatable bonds is 4. The molecule has 1 aromatic heterocycles. The van der Waals surface area contributed by atoms with Crippen molar-refractivity contribution in [2.24, 2.45) is 0 Å². The van der Waals surface area contributed by atoms with Crippen molar-refractivity contribution < 1.29 is 4.79 Å². The second-order valence-electron chi connectivity index (χ2n) is 5.42. The molecule has 0 aliphatic rings. The molecule has 3 aromatic rings. The summed E-state index contributed by atoms with van der Waals surface area (Å²) in [6.45, 7) is 1.86. The first kappa shape index (κ1) is 16.7. The summed E-state index contributed by atoms with van der Waals surface area (Å²) in [6, 6.07) is 19.2. The van der Waals surface area contributed by atoms with Crippen LogP contribution >= 0.6 is 11.6 Å². The number of anilines is 1. The molecule has 0 aliphatic heterocycles. The van der Waals surface area contributed by atoms with Crippen molar-refractivity contribution in [1.82, 2.24) is 4.98 Å². The third-order valence-electron chi connectivity index (χ3n) is 3.88. The molecule has 2 aromatic carbocycles. The highest BCUT2D eigenvalue weighted by molar-refractivity contribution is 6.30. The molecule has 0 spiro atoms. The molecule has 0 radical (unpaired) electrons. The van der Waals surface area contributed by atoms with Crippen LogP contribution in [0.1, 0.15) is 11.3 Å². The average molecular weight is 348 g/mol. The number of nitrogens with zero attached hydrogens (tertiary/aromatic N) is 2. The summed E-state index contributed by atoms with van der Waals surface area (Å²) in [5.74, 6) is 0.250. The molecular weight excluding hydrogens is 334 g/mol. The van der Waals surface area contributed by atoms with Gasteiger partial charge in [0.05, 0.1) is 0 Å². The maximum atomic E-state index is 10.9. The average Bonchev–Trinajstić information content (AvgIpc) is 2.63. The molecule has 25 heavy (non-hydrogen) atoms. The van der Waals surface area contributed by atoms with E-state index in [2.05, 4.69) is 16.4 Å². The zero-order chi connectivity index (χ0) is 17.8. The number of aryl methyl sites for hydroxylation is 1. The van der Waals surface area contributed by atoms with Crippen LogP contribution in [0.25, 0.3) is 22.3 Å². The molecule has 0 saturated carbocycles. The molecule has 1 heterocycles. The monoisotopic (exact) mass is 347 g/mol. The van der Waals surface area contributed by atoms with Gasteiger partial charge in [0.15, 0.2) is 5.82 Å². The zero-order valence-corrected chi connectivity index (χ0v) is 14.2. The fourth-order valence-electron chi connectivity index (χ4n) is 2.84. The highest BCUT2D eigenvalue weighted by Crippen LogP contribution is 2.39. The molecule has 0 aliphatic carbocycles. The van der Waals surface area contributed by atoms with Crippen molar-refractivity contribution in [3.05, 3.63) is 70.9 Å². The Labute approximate surface area is 150 Å². The first-order chi connectivity index (χ1) is 12.2. The minimum atomic E-state index is 0.250. The van der Waals surface area contributed by atoms with E-state index >= 15 is 0 Å². The predicted octanol–water partition coefficient (Wildman–Crippen LogP) is 4.82. The van der Waals surface area contributed by atoms with Crippen molar-refractivity contribution in [2.75, 3.05) is 5.32 Å². The van der Waals surface area contributed by atoms with Gasteiger partial charge in [-0.2, -0.15) is 5.26 Å². The number of hydrogen-bond acceptors (Lipinski definition) is 3. The Morgan fingerprint density at radius 2 is 1.68 bits per heavy atom. The highest BCUT2D eigenvalue weighted by Gasteiger charge is 2.20. The van der Waals surface area contributed by atoms with E-state index in [4.69, 9.17) is 11.6 Å². The SMILES string of the molecule is Cc1nc(NC=O)c(C#N)c(-c2ccc(Cl)cc2)c1-c1ccccc1. The summed E-state index contributed by atoms with van der Waals surface area (Å²) < 4.78 is 0. The minimum Gasteiger partial charge on any atom is -0.312 e. The van der Waals surface area contributed by atoms with E-state index in [0.29, 0.717) is 17.0 Å². The third-order valence-corrected chi connectivity index (χ3v) is 4.13.